The van der Waals surface area contributed by atoms with Crippen molar-refractivity contribution in [2.45, 2.75) is 116 Å². The van der Waals surface area contributed by atoms with E-state index in [4.69, 9.17) is 35.9 Å². The van der Waals surface area contributed by atoms with Gasteiger partial charge < -0.3 is 75.4 Å². The zero-order valence-electron chi connectivity index (χ0n) is 39.0. The fourth-order valence-corrected chi connectivity index (χ4v) is 9.67. The molecule has 4 heterocycles. The normalized spacial score (nSPS) is 35.3. The lowest BCUT2D eigenvalue weighted by Gasteiger charge is -2.40. The van der Waals surface area contributed by atoms with E-state index in [1.54, 1.807) is 33.8 Å². The lowest BCUT2D eigenvalue weighted by Crippen LogP contribution is -2.64. The van der Waals surface area contributed by atoms with Crippen LogP contribution in [0.3, 0.4) is 0 Å². The topological polar surface area (TPSA) is 309 Å². The zero-order valence-corrected chi connectivity index (χ0v) is 40.7. The van der Waals surface area contributed by atoms with Gasteiger partial charge in [-0.1, -0.05) is 45.9 Å². The minimum absolute atomic E-state index is 0.0310. The highest BCUT2D eigenvalue weighted by Gasteiger charge is 2.53. The average molecular weight is 992 g/mol. The van der Waals surface area contributed by atoms with E-state index in [2.05, 4.69) is 16.0 Å². The van der Waals surface area contributed by atoms with Gasteiger partial charge in [-0.05, 0) is 32.1 Å². The molecule has 1 amide bonds. The summed E-state index contributed by atoms with van der Waals surface area (Å²) in [6, 6.07) is 0. The summed E-state index contributed by atoms with van der Waals surface area (Å²) in [5.41, 5.74) is -1.92. The Kier molecular flexibility index (Phi) is 17.8. The molecule has 1 saturated heterocycles. The Morgan fingerprint density at radius 3 is 2.22 bits per heavy atom. The number of thiocarbonyl (C=S) groups is 1. The van der Waals surface area contributed by atoms with Gasteiger partial charge in [0.15, 0.2) is 11.3 Å². The average Bonchev–Trinajstić information content (AvgIpc) is 3.56. The van der Waals surface area contributed by atoms with E-state index in [-0.39, 0.29) is 44.8 Å². The predicted octanol–water partition coefficient (Wildman–Crippen LogP) is 0.955. The molecular weight excluding hydrogens is 931 g/mol. The monoisotopic (exact) mass is 991 g/mol. The van der Waals surface area contributed by atoms with Gasteiger partial charge in [0.2, 0.25) is 11.6 Å². The van der Waals surface area contributed by atoms with E-state index in [9.17, 15) is 59.7 Å². The maximum Gasteiger partial charge on any atom is 0.312 e. The first-order chi connectivity index (χ1) is 31.9. The summed E-state index contributed by atoms with van der Waals surface area (Å²) >= 11 is 6.12. The van der Waals surface area contributed by atoms with Gasteiger partial charge >= 0.3 is 11.8 Å². The number of hydrogen-bond acceptors (Lipinski definition) is 19. The number of phenols is 1. The minimum Gasteiger partial charge on any atom is -0.507 e. The molecule has 5 aliphatic rings. The molecule has 22 heteroatoms. The first-order valence-electron chi connectivity index (χ1n) is 21.9. The quantitative estimate of drug-likeness (QED) is 0.0985. The second-order valence-corrected chi connectivity index (χ2v) is 19.0. The number of amides is 1. The van der Waals surface area contributed by atoms with Crippen LogP contribution in [0.5, 0.6) is 11.5 Å². The van der Waals surface area contributed by atoms with Gasteiger partial charge in [0, 0.05) is 68.1 Å². The van der Waals surface area contributed by atoms with E-state index in [1.807, 2.05) is 0 Å². The van der Waals surface area contributed by atoms with Gasteiger partial charge in [-0.3, -0.25) is 24.0 Å². The Morgan fingerprint density at radius 1 is 0.912 bits per heavy atom. The van der Waals surface area contributed by atoms with Crippen molar-refractivity contribution in [3.63, 3.8) is 0 Å². The molecule has 0 radical (unpaired) electrons. The number of rotatable bonds is 8. The van der Waals surface area contributed by atoms with E-state index >= 15 is 0 Å². The number of esters is 1. The van der Waals surface area contributed by atoms with Crippen molar-refractivity contribution in [2.75, 3.05) is 26.0 Å². The molecular formula is C46H61N3O17S2. The summed E-state index contributed by atoms with van der Waals surface area (Å²) in [4.78, 5) is 69.7. The molecule has 14 atom stereocenters. The maximum absolute atomic E-state index is 14.8. The first kappa shape index (κ1) is 54.2. The fourth-order valence-electron chi connectivity index (χ4n) is 8.52. The molecule has 1 aliphatic carbocycles. The molecule has 6 rings (SSSR count). The number of methoxy groups -OCH3 is 1. The Hall–Kier alpha value is -4.75. The van der Waals surface area contributed by atoms with Crippen molar-refractivity contribution in [3.8, 4) is 11.5 Å². The Balaban J connectivity index is 1.54. The van der Waals surface area contributed by atoms with Crippen LogP contribution >= 0.6 is 24.0 Å². The number of carbonyl (C=O) groups excluding carboxylic acids is 5. The molecule has 1 aromatic rings. The van der Waals surface area contributed by atoms with Crippen LogP contribution in [-0.2, 0) is 28.5 Å². The van der Waals surface area contributed by atoms with Gasteiger partial charge in [-0.15, -0.1) is 11.8 Å². The number of aromatic hydroxyl groups is 1. The first-order valence-corrected chi connectivity index (χ1v) is 23.3. The zero-order chi connectivity index (χ0) is 50.7. The van der Waals surface area contributed by atoms with Gasteiger partial charge in [-0.25, -0.2) is 0 Å². The molecule has 20 nitrogen and oxygen atoms in total. The fraction of sp³-hybridized carbons (Fsp3) is 0.565. The van der Waals surface area contributed by atoms with Crippen molar-refractivity contribution in [2.24, 2.45) is 23.7 Å². The third-order valence-electron chi connectivity index (χ3n) is 12.7. The van der Waals surface area contributed by atoms with Crippen LogP contribution in [0, 0.1) is 30.6 Å². The number of Topliss-reactive ketones (excluding diaryl/α,β-unsaturated/α-hetero) is 3. The summed E-state index contributed by atoms with van der Waals surface area (Å²) in [6.07, 6.45) is -4.49. The van der Waals surface area contributed by atoms with Gasteiger partial charge in [-0.2, -0.15) is 0 Å². The summed E-state index contributed by atoms with van der Waals surface area (Å²) in [7, 11) is 1.39. The van der Waals surface area contributed by atoms with Crippen LogP contribution < -0.4 is 20.7 Å². The van der Waals surface area contributed by atoms with Gasteiger partial charge in [0.1, 0.15) is 47.7 Å². The van der Waals surface area contributed by atoms with Gasteiger partial charge in [0.05, 0.1) is 52.8 Å². The molecule has 0 aromatic heterocycles. The predicted molar refractivity (Wildman–Crippen MR) is 248 cm³/mol. The molecule has 4 aliphatic heterocycles. The summed E-state index contributed by atoms with van der Waals surface area (Å²) in [5.74, 6) is -10.1. The SMILES string of the molecule is CO[C@H]1/C=C/O[C@@]2(C)Oc3c(C)c(O)c4c(c3C2=O)C(=O)C(SCCNC(=S)N[C@@H]2O[C@H](CO)[C@@H](O)[C@H](O)[C@H]2O)=C(NC(=O)/C(C)=C\C=C\[C@H](C)[C@H](O)[C@@H](C)[C@@H](O)[C@@H](C)[C@H](OC(C)=O)[C@@H]1C)C4=O. The van der Waals surface area contributed by atoms with E-state index in [1.165, 1.54) is 53.0 Å². The third-order valence-corrected chi connectivity index (χ3v) is 14.1. The number of aliphatic hydroxyl groups is 6. The lowest BCUT2D eigenvalue weighted by atomic mass is 9.78. The summed E-state index contributed by atoms with van der Waals surface area (Å²) in [6.45, 7) is 11.4. The largest absolute Gasteiger partial charge is 0.507 e. The number of hydrogen-bond donors (Lipinski definition) is 10. The number of ketones is 3. The number of benzene rings is 1. The number of aliphatic hydroxyl groups excluding tert-OH is 6. The number of thioether (sulfide) groups is 1. The molecule has 374 valence electrons. The molecule has 0 saturated carbocycles. The smallest absolute Gasteiger partial charge is 0.312 e. The van der Waals surface area contributed by atoms with Crippen molar-refractivity contribution in [1.29, 1.82) is 0 Å². The highest BCUT2D eigenvalue weighted by molar-refractivity contribution is 8.04. The van der Waals surface area contributed by atoms with E-state index in [0.29, 0.717) is 0 Å². The Morgan fingerprint density at radius 2 is 1.59 bits per heavy atom. The van der Waals surface area contributed by atoms with E-state index in [0.717, 1.165) is 18.0 Å². The van der Waals surface area contributed by atoms with Crippen LogP contribution in [0.2, 0.25) is 0 Å². The maximum atomic E-state index is 14.8. The minimum atomic E-state index is -2.17. The third kappa shape index (κ3) is 11.0. The number of fused-ring (bicyclic) bond motifs is 14. The number of allylic oxidation sites excluding steroid dienone is 4. The van der Waals surface area contributed by atoms with E-state index < -0.39 is 143 Å². The summed E-state index contributed by atoms with van der Waals surface area (Å²) in [5, 5.41) is 82.6. The molecule has 0 unspecified atom stereocenters. The highest BCUT2D eigenvalue weighted by atomic mass is 32.2. The molecule has 1 aromatic carbocycles. The molecule has 1 fully saturated rings. The molecule has 0 spiro atoms. The molecule has 5 bridgehead atoms. The Bertz CT molecular complexity index is 2280. The number of ether oxygens (including phenoxy) is 5. The van der Waals surface area contributed by atoms with Crippen LogP contribution in [0.15, 0.2) is 46.7 Å². The van der Waals surface area contributed by atoms with Crippen molar-refractivity contribution in [1.82, 2.24) is 16.0 Å². The van der Waals surface area contributed by atoms with Crippen LogP contribution in [-0.4, -0.2) is 157 Å². The number of carbonyl (C=O) groups is 5. The van der Waals surface area contributed by atoms with Gasteiger partial charge in [0.25, 0.3) is 11.7 Å². The molecule has 10 N–H and O–H groups in total. The van der Waals surface area contributed by atoms with Crippen molar-refractivity contribution in [3.05, 3.63) is 69.0 Å². The second kappa shape index (κ2) is 22.3. The number of phenolic OH excluding ortho intramolecular Hbond substituents is 1. The van der Waals surface area contributed by atoms with Crippen LogP contribution in [0.25, 0.3) is 0 Å². The molecule has 68 heavy (non-hydrogen) atoms. The second-order valence-electron chi connectivity index (χ2n) is 17.5. The lowest BCUT2D eigenvalue weighted by molar-refractivity contribution is -0.232. The van der Waals surface area contributed by atoms with Crippen molar-refractivity contribution >= 4 is 58.3 Å². The Labute approximate surface area is 402 Å². The van der Waals surface area contributed by atoms with Crippen molar-refractivity contribution < 1.29 is 83.4 Å². The standard InChI is InChI=1S/C46H61N3O17S2/c1-18-11-10-12-19(2)43(61)48-30-35(56)28-27(36(57)41(30)68-16-14-47-45(67)49-44-38(59)37(58)34(55)26(17-50)65-44)29-40(23(6)33(28)54)66-46(8,42(29)60)63-15-13-25(62-9)20(3)39(64-24(7)51)22(5)32(53)21(4)31(18)52/h10-13,15,18,20-22,25-26,31-32,34,37-39,44,50,52-55,58-59H,14,16-17H2,1-9H3,(H,48,61)(H2,47,49,67)/b11-10+,15-13+,19-12-/t18-,20+,21+,22+,25-,26+,31-,32+,34+,37-,38+,39+,44+,46-/m0/s1. The number of nitrogens with one attached hydrogen (secondary N) is 3. The highest BCUT2D eigenvalue weighted by Crippen LogP contribution is 2.49. The van der Waals surface area contributed by atoms with Crippen LogP contribution in [0.1, 0.15) is 85.1 Å². The van der Waals surface area contributed by atoms with Crippen LogP contribution in [0.4, 0.5) is 0 Å². The summed E-state index contributed by atoms with van der Waals surface area (Å²) < 4.78 is 28.9.